The van der Waals surface area contributed by atoms with Crippen LogP contribution in [0.2, 0.25) is 0 Å². The van der Waals surface area contributed by atoms with Crippen molar-refractivity contribution < 1.29 is 4.79 Å². The number of carbonyl (C=O) groups is 1. The number of aromatic nitrogens is 1. The van der Waals surface area contributed by atoms with Crippen molar-refractivity contribution in [2.24, 2.45) is 0 Å². The first-order chi connectivity index (χ1) is 12.1. The van der Waals surface area contributed by atoms with Gasteiger partial charge in [0.05, 0.1) is 12.1 Å². The number of thiazole rings is 1. The minimum Gasteiger partial charge on any atom is -0.378 e. The fourth-order valence-corrected chi connectivity index (χ4v) is 3.03. The van der Waals surface area contributed by atoms with Gasteiger partial charge in [0.25, 0.3) is 0 Å². The molecule has 0 saturated heterocycles. The van der Waals surface area contributed by atoms with E-state index in [2.05, 4.69) is 15.6 Å². The van der Waals surface area contributed by atoms with Gasteiger partial charge in [-0.15, -0.1) is 11.3 Å². The molecule has 3 aromatic rings. The fraction of sp³-hybridized carbons (Fsp3) is 0.158. The highest BCUT2D eigenvalue weighted by Gasteiger charge is 2.08. The molecule has 25 heavy (non-hydrogen) atoms. The van der Waals surface area contributed by atoms with Crippen LogP contribution in [-0.4, -0.2) is 25.0 Å². The van der Waals surface area contributed by atoms with Crippen molar-refractivity contribution in [3.63, 3.8) is 0 Å². The number of hydrogen-bond acceptors (Lipinski definition) is 5. The lowest BCUT2D eigenvalue weighted by molar-refractivity contribution is -0.115. The van der Waals surface area contributed by atoms with E-state index in [1.54, 1.807) is 0 Å². The second-order valence-corrected chi connectivity index (χ2v) is 6.66. The monoisotopic (exact) mass is 352 g/mol. The van der Waals surface area contributed by atoms with Crippen LogP contribution in [0.1, 0.15) is 5.69 Å². The van der Waals surface area contributed by atoms with E-state index >= 15 is 0 Å². The van der Waals surface area contributed by atoms with Crippen molar-refractivity contribution >= 4 is 39.4 Å². The molecule has 0 aliphatic heterocycles. The number of amides is 1. The first kappa shape index (κ1) is 17.0. The van der Waals surface area contributed by atoms with E-state index in [-0.39, 0.29) is 12.3 Å². The van der Waals surface area contributed by atoms with Crippen LogP contribution in [-0.2, 0) is 11.2 Å². The fourth-order valence-electron chi connectivity index (χ4n) is 2.30. The van der Waals surface area contributed by atoms with E-state index in [4.69, 9.17) is 0 Å². The third kappa shape index (κ3) is 4.81. The first-order valence-corrected chi connectivity index (χ1v) is 8.82. The van der Waals surface area contributed by atoms with Crippen LogP contribution in [0.3, 0.4) is 0 Å². The van der Waals surface area contributed by atoms with E-state index in [0.29, 0.717) is 0 Å². The topological polar surface area (TPSA) is 57.3 Å². The Labute approximate surface area is 151 Å². The number of carbonyl (C=O) groups excluding carboxylic acids is 1. The molecule has 0 unspecified atom stereocenters. The van der Waals surface area contributed by atoms with Crippen LogP contribution in [0.15, 0.2) is 60.0 Å². The second-order valence-electron chi connectivity index (χ2n) is 5.80. The van der Waals surface area contributed by atoms with E-state index in [1.165, 1.54) is 11.3 Å². The van der Waals surface area contributed by atoms with Gasteiger partial charge in [-0.05, 0) is 36.4 Å². The summed E-state index contributed by atoms with van der Waals surface area (Å²) in [5.41, 5.74) is 3.61. The minimum atomic E-state index is -0.0748. The molecule has 0 radical (unpaired) electrons. The molecule has 0 saturated carbocycles. The Kier molecular flexibility index (Phi) is 5.30. The molecule has 3 rings (SSSR count). The van der Waals surface area contributed by atoms with Crippen LogP contribution in [0.4, 0.5) is 22.2 Å². The average Bonchev–Trinajstić information content (AvgIpc) is 3.03. The smallest absolute Gasteiger partial charge is 0.230 e. The Morgan fingerprint density at radius 1 is 1.04 bits per heavy atom. The van der Waals surface area contributed by atoms with Gasteiger partial charge < -0.3 is 15.5 Å². The molecule has 2 N–H and O–H groups in total. The highest BCUT2D eigenvalue weighted by atomic mass is 32.1. The highest BCUT2D eigenvalue weighted by molar-refractivity contribution is 7.13. The van der Waals surface area contributed by atoms with Crippen LogP contribution in [0.25, 0.3) is 0 Å². The maximum absolute atomic E-state index is 12.2. The summed E-state index contributed by atoms with van der Waals surface area (Å²) >= 11 is 1.49. The number of anilines is 4. The van der Waals surface area contributed by atoms with Crippen molar-refractivity contribution in [2.45, 2.75) is 6.42 Å². The van der Waals surface area contributed by atoms with Gasteiger partial charge >= 0.3 is 0 Å². The van der Waals surface area contributed by atoms with Crippen molar-refractivity contribution in [3.8, 4) is 0 Å². The molecular formula is C19H20N4OS. The second kappa shape index (κ2) is 7.81. The molecule has 128 valence electrons. The van der Waals surface area contributed by atoms with E-state index in [1.807, 2.05) is 79.0 Å². The van der Waals surface area contributed by atoms with Crippen molar-refractivity contribution in [1.82, 2.24) is 4.98 Å². The summed E-state index contributed by atoms with van der Waals surface area (Å²) in [6, 6.07) is 17.6. The van der Waals surface area contributed by atoms with Crippen molar-refractivity contribution in [2.75, 3.05) is 29.6 Å². The van der Waals surface area contributed by atoms with Gasteiger partial charge in [0, 0.05) is 36.5 Å². The van der Waals surface area contributed by atoms with Crippen LogP contribution >= 0.6 is 11.3 Å². The quantitative estimate of drug-likeness (QED) is 0.700. The third-order valence-corrected chi connectivity index (χ3v) is 4.39. The van der Waals surface area contributed by atoms with E-state index < -0.39 is 0 Å². The summed E-state index contributed by atoms with van der Waals surface area (Å²) in [6.07, 6.45) is 0.252. The predicted octanol–water partition coefficient (Wildman–Crippen LogP) is 4.13. The van der Waals surface area contributed by atoms with Crippen LogP contribution in [0, 0.1) is 0 Å². The summed E-state index contributed by atoms with van der Waals surface area (Å²) in [5.74, 6) is -0.0748. The SMILES string of the molecule is CN(C)c1ccc(NC(=O)Cc2csc(Nc3ccccc3)n2)cc1. The van der Waals surface area contributed by atoms with Gasteiger partial charge in [0.2, 0.25) is 5.91 Å². The lowest BCUT2D eigenvalue weighted by Crippen LogP contribution is -2.15. The average molecular weight is 352 g/mol. The molecular weight excluding hydrogens is 332 g/mol. The molecule has 0 aliphatic carbocycles. The number of nitrogens with one attached hydrogen (secondary N) is 2. The van der Waals surface area contributed by atoms with Gasteiger partial charge in [-0.1, -0.05) is 18.2 Å². The van der Waals surface area contributed by atoms with Crippen molar-refractivity contribution in [3.05, 3.63) is 65.7 Å². The summed E-state index contributed by atoms with van der Waals surface area (Å²) in [5, 5.41) is 8.82. The molecule has 0 fully saturated rings. The Morgan fingerprint density at radius 3 is 2.44 bits per heavy atom. The highest BCUT2D eigenvalue weighted by Crippen LogP contribution is 2.21. The molecule has 1 heterocycles. The Balaban J connectivity index is 1.56. The van der Waals surface area contributed by atoms with E-state index in [0.717, 1.165) is 27.9 Å². The zero-order valence-corrected chi connectivity index (χ0v) is 15.0. The molecule has 2 aromatic carbocycles. The van der Waals surface area contributed by atoms with Gasteiger partial charge in [-0.3, -0.25) is 4.79 Å². The summed E-state index contributed by atoms with van der Waals surface area (Å²) in [4.78, 5) is 18.7. The lowest BCUT2D eigenvalue weighted by atomic mass is 10.2. The van der Waals surface area contributed by atoms with E-state index in [9.17, 15) is 4.79 Å². The molecule has 0 aliphatic rings. The maximum Gasteiger partial charge on any atom is 0.230 e. The van der Waals surface area contributed by atoms with Gasteiger partial charge in [0.15, 0.2) is 5.13 Å². The molecule has 1 amide bonds. The van der Waals surface area contributed by atoms with Gasteiger partial charge in [0.1, 0.15) is 0 Å². The van der Waals surface area contributed by atoms with Crippen LogP contribution < -0.4 is 15.5 Å². The number of nitrogens with zero attached hydrogens (tertiary/aromatic N) is 2. The van der Waals surface area contributed by atoms with Gasteiger partial charge in [-0.25, -0.2) is 4.98 Å². The summed E-state index contributed by atoms with van der Waals surface area (Å²) in [6.45, 7) is 0. The third-order valence-electron chi connectivity index (χ3n) is 3.59. The van der Waals surface area contributed by atoms with Crippen LogP contribution in [0.5, 0.6) is 0 Å². The normalized spacial score (nSPS) is 10.3. The molecule has 6 heteroatoms. The lowest BCUT2D eigenvalue weighted by Gasteiger charge is -2.12. The number of para-hydroxylation sites is 1. The zero-order chi connectivity index (χ0) is 17.6. The Hall–Kier alpha value is -2.86. The largest absolute Gasteiger partial charge is 0.378 e. The maximum atomic E-state index is 12.2. The standard InChI is InChI=1S/C19H20N4OS/c1-23(2)17-10-8-15(9-11-17)20-18(24)12-16-13-25-19(22-16)21-14-6-4-3-5-7-14/h3-11,13H,12H2,1-2H3,(H,20,24)(H,21,22). The predicted molar refractivity (Wildman–Crippen MR) is 105 cm³/mol. The zero-order valence-electron chi connectivity index (χ0n) is 14.2. The molecule has 0 atom stereocenters. The summed E-state index contributed by atoms with van der Waals surface area (Å²) < 4.78 is 0. The van der Waals surface area contributed by atoms with Gasteiger partial charge in [-0.2, -0.15) is 0 Å². The summed E-state index contributed by atoms with van der Waals surface area (Å²) in [7, 11) is 3.97. The molecule has 1 aromatic heterocycles. The minimum absolute atomic E-state index is 0.0748. The molecule has 5 nitrogen and oxygen atoms in total. The van der Waals surface area contributed by atoms with Crippen molar-refractivity contribution in [1.29, 1.82) is 0 Å². The number of hydrogen-bond donors (Lipinski definition) is 2. The Morgan fingerprint density at radius 2 is 1.76 bits per heavy atom. The Bertz CT molecular complexity index is 828. The number of rotatable bonds is 6. The molecule has 0 spiro atoms. The molecule has 0 bridgehead atoms. The first-order valence-electron chi connectivity index (χ1n) is 7.94. The number of benzene rings is 2.